The molecule has 0 atom stereocenters. The van der Waals surface area contributed by atoms with Crippen molar-refractivity contribution in [1.82, 2.24) is 0 Å². The maximum absolute atomic E-state index is 12.9. The second-order valence-electron chi connectivity index (χ2n) is 8.64. The number of hydrogen-bond donors (Lipinski definition) is 2. The van der Waals surface area contributed by atoms with Crippen molar-refractivity contribution < 1.29 is 153 Å². The summed E-state index contributed by atoms with van der Waals surface area (Å²) in [6.45, 7) is -0.336. The van der Waals surface area contributed by atoms with Crippen LogP contribution in [0.1, 0.15) is 10.4 Å². The van der Waals surface area contributed by atoms with Gasteiger partial charge < -0.3 is 25.5 Å². The number of carbonyl (C=O) groups is 1. The zero-order valence-electron chi connectivity index (χ0n) is 25.6. The minimum Gasteiger partial charge on any atom is -0.744 e. The van der Waals surface area contributed by atoms with Crippen LogP contribution in [-0.4, -0.2) is 44.8 Å². The Hall–Kier alpha value is -0.710. The van der Waals surface area contributed by atoms with Crippen LogP contribution in [0.25, 0.3) is 10.8 Å². The van der Waals surface area contributed by atoms with E-state index in [0.717, 1.165) is 18.2 Å². The van der Waals surface area contributed by atoms with E-state index in [2.05, 4.69) is 34.3 Å². The molecule has 0 fully saturated rings. The van der Waals surface area contributed by atoms with Crippen molar-refractivity contribution in [3.05, 3.63) is 78.4 Å². The van der Waals surface area contributed by atoms with Crippen LogP contribution in [0.15, 0.2) is 97.7 Å². The van der Waals surface area contributed by atoms with E-state index in [4.69, 9.17) is 4.18 Å². The third-order valence-corrected chi connectivity index (χ3v) is 9.46. The minimum atomic E-state index is -5.13. The van der Waals surface area contributed by atoms with Gasteiger partial charge in [-0.3, -0.25) is 19.1 Å². The van der Waals surface area contributed by atoms with E-state index < -0.39 is 47.9 Å². The first-order chi connectivity index (χ1) is 22.0. The number of phenolic OH excluding ortho intramolecular Hbond substituents is 1. The molecule has 4 aromatic rings. The number of aromatic hydroxyl groups is 1. The molecule has 24 heteroatoms. The molecule has 0 saturated carbocycles. The molecule has 0 aliphatic rings. The normalized spacial score (nSPS) is 11.4. The minimum absolute atomic E-state index is 0. The van der Waals surface area contributed by atoms with Crippen molar-refractivity contribution in [2.24, 2.45) is 10.2 Å². The number of fused-ring (bicyclic) bond motifs is 1. The molecule has 17 nitrogen and oxygen atoms in total. The molecular weight excluding hydrogens is 764 g/mol. The van der Waals surface area contributed by atoms with E-state index >= 15 is 0 Å². The molecule has 0 spiro atoms. The summed E-state index contributed by atoms with van der Waals surface area (Å²) in [6.07, 6.45) is 0. The fourth-order valence-corrected chi connectivity index (χ4v) is 6.46. The third-order valence-electron chi connectivity index (χ3n) is 5.88. The molecule has 244 valence electrons. The number of benzene rings is 4. The molecule has 0 saturated heterocycles. The average Bonchev–Trinajstić information content (AvgIpc) is 3.03. The van der Waals surface area contributed by atoms with Crippen molar-refractivity contribution >= 4 is 78.1 Å². The Balaban J connectivity index is 0.00000400. The Morgan fingerprint density at radius 1 is 0.878 bits per heavy atom. The SMILES string of the molecule is O=C(Nc1ccc(S(=O)(=O)[O-])c2cc(SOO[O-])c(N=Nc3ccc(S(=O)(=O)CCOSOO[O-])cc3)c(O)c12)c1ccccc1.[Na+].[Na+].[Na+]. The smallest absolute Gasteiger partial charge is 0.744 e. The summed E-state index contributed by atoms with van der Waals surface area (Å²) in [5.74, 6) is -1.87. The predicted molar refractivity (Wildman–Crippen MR) is 154 cm³/mol. The molecule has 0 aliphatic heterocycles. The Kier molecular flexibility index (Phi) is 20.5. The van der Waals surface area contributed by atoms with Crippen LogP contribution in [0.2, 0.25) is 0 Å². The summed E-state index contributed by atoms with van der Waals surface area (Å²) in [5.41, 5.74) is -0.201. The monoisotopic (exact) mass is 781 g/mol. The fourth-order valence-electron chi connectivity index (χ4n) is 3.90. The molecule has 0 aliphatic carbocycles. The maximum atomic E-state index is 12.9. The van der Waals surface area contributed by atoms with Gasteiger partial charge in [0.1, 0.15) is 15.8 Å². The second kappa shape index (κ2) is 21.7. The predicted octanol–water partition coefficient (Wildman–Crippen LogP) is -6.06. The molecular formula is C25H18N3Na3O14S4. The zero-order valence-corrected chi connectivity index (χ0v) is 34.9. The molecule has 2 N–H and O–H groups in total. The van der Waals surface area contributed by atoms with Gasteiger partial charge in [0.25, 0.3) is 5.91 Å². The van der Waals surface area contributed by atoms with Gasteiger partial charge in [-0.05, 0) is 54.6 Å². The number of sulfone groups is 1. The quantitative estimate of drug-likeness (QED) is 0.0216. The number of rotatable bonds is 15. The van der Waals surface area contributed by atoms with Crippen molar-refractivity contribution in [2.45, 2.75) is 14.7 Å². The first-order valence-corrected chi connectivity index (χ1v) is 16.7. The molecule has 4 rings (SSSR count). The van der Waals surface area contributed by atoms with E-state index in [1.54, 1.807) is 18.2 Å². The van der Waals surface area contributed by atoms with Gasteiger partial charge in [-0.25, -0.2) is 16.8 Å². The molecule has 0 heterocycles. The van der Waals surface area contributed by atoms with Gasteiger partial charge in [0.2, 0.25) is 0 Å². The number of anilines is 1. The number of azo groups is 1. The van der Waals surface area contributed by atoms with E-state index in [9.17, 15) is 41.8 Å². The molecule has 0 unspecified atom stereocenters. The zero-order chi connectivity index (χ0) is 33.3. The summed E-state index contributed by atoms with van der Waals surface area (Å²) in [5, 5.41) is 47.9. The third kappa shape index (κ3) is 12.7. The number of nitrogens with one attached hydrogen (secondary N) is 1. The van der Waals surface area contributed by atoms with Crippen LogP contribution in [0.4, 0.5) is 17.1 Å². The molecule has 0 bridgehead atoms. The van der Waals surface area contributed by atoms with E-state index in [0.29, 0.717) is 0 Å². The molecule has 0 radical (unpaired) electrons. The molecule has 49 heavy (non-hydrogen) atoms. The average molecular weight is 782 g/mol. The number of hydrogen-bond acceptors (Lipinski definition) is 18. The van der Waals surface area contributed by atoms with Gasteiger partial charge in [0.05, 0.1) is 55.8 Å². The summed E-state index contributed by atoms with van der Waals surface area (Å²) >= 11 is 0.365. The molecule has 1 amide bonds. The summed E-state index contributed by atoms with van der Waals surface area (Å²) in [7, 11) is -8.96. The van der Waals surface area contributed by atoms with Crippen LogP contribution >= 0.6 is 24.4 Å². The first-order valence-electron chi connectivity index (χ1n) is 12.2. The Labute approximate surface area is 354 Å². The summed E-state index contributed by atoms with van der Waals surface area (Å²) < 4.78 is 74.2. The standard InChI is InChI=1S/C25H21N3O14S4.3Na/c29-24-22-18(21(46(35,36)37)11-10-19(22)26-25(30)15-4-2-1-3-5-15)14-20(43-41-39-31)23(24)28-27-16-6-8-17(9-7-16)45(33,34)13-12-38-44-42-40-32;;;/h1-11,14,29,31-32H,12-13H2,(H,26,30)(H,35,36,37);;;/q;3*+1/p-3. The van der Waals surface area contributed by atoms with Crippen molar-refractivity contribution in [3.63, 3.8) is 0 Å². The van der Waals surface area contributed by atoms with E-state index in [1.165, 1.54) is 36.4 Å². The van der Waals surface area contributed by atoms with Crippen LogP contribution in [0, 0.1) is 0 Å². The largest absolute Gasteiger partial charge is 1.00 e. The molecule has 4 aromatic carbocycles. The summed E-state index contributed by atoms with van der Waals surface area (Å²) in [6, 6.07) is 16.0. The number of phenols is 1. The Morgan fingerprint density at radius 3 is 2.14 bits per heavy atom. The number of carbonyl (C=O) groups excluding carboxylic acids is 1. The summed E-state index contributed by atoms with van der Waals surface area (Å²) in [4.78, 5) is 11.8. The van der Waals surface area contributed by atoms with Gasteiger partial charge in [-0.15, -0.1) is 9.45 Å². The van der Waals surface area contributed by atoms with Crippen molar-refractivity contribution in [3.8, 4) is 5.75 Å². The van der Waals surface area contributed by atoms with Crippen molar-refractivity contribution in [1.29, 1.82) is 0 Å². The van der Waals surface area contributed by atoms with E-state index in [-0.39, 0.29) is 157 Å². The van der Waals surface area contributed by atoms with Gasteiger partial charge in [-0.2, -0.15) is 9.45 Å². The van der Waals surface area contributed by atoms with Gasteiger partial charge in [-0.1, -0.05) is 18.2 Å². The van der Waals surface area contributed by atoms with Gasteiger partial charge >= 0.3 is 88.7 Å². The van der Waals surface area contributed by atoms with Crippen LogP contribution in [-0.2, 0) is 42.9 Å². The topological polar surface area (TPSA) is 258 Å². The van der Waals surface area contributed by atoms with Gasteiger partial charge in [0, 0.05) is 10.9 Å². The molecule has 0 aromatic heterocycles. The van der Waals surface area contributed by atoms with Crippen LogP contribution in [0.5, 0.6) is 5.75 Å². The fraction of sp³-hybridized carbons (Fsp3) is 0.0800. The van der Waals surface area contributed by atoms with Crippen LogP contribution in [0.3, 0.4) is 0 Å². The van der Waals surface area contributed by atoms with Crippen molar-refractivity contribution in [2.75, 3.05) is 17.7 Å². The Morgan fingerprint density at radius 2 is 1.53 bits per heavy atom. The number of amides is 1. The first kappa shape index (κ1) is 46.3. The second-order valence-corrected chi connectivity index (χ2v) is 13.3. The van der Waals surface area contributed by atoms with E-state index in [1.807, 2.05) is 0 Å². The van der Waals surface area contributed by atoms with Gasteiger partial charge in [0.15, 0.2) is 27.9 Å². The maximum Gasteiger partial charge on any atom is 1.00 e. The Bertz CT molecular complexity index is 1960. The number of nitrogens with zero attached hydrogens (tertiary/aromatic N) is 2. The van der Waals surface area contributed by atoms with Crippen LogP contribution < -0.4 is 105 Å².